The van der Waals surface area contributed by atoms with Crippen molar-refractivity contribution in [2.75, 3.05) is 0 Å². The van der Waals surface area contributed by atoms with Crippen LogP contribution in [0.2, 0.25) is 0 Å². The van der Waals surface area contributed by atoms with Crippen LogP contribution in [0, 0.1) is 11.2 Å². The lowest BCUT2D eigenvalue weighted by atomic mass is 10.1. The molecule has 2 aromatic rings. The third kappa shape index (κ3) is 2.65. The molecule has 4 nitrogen and oxygen atoms in total. The maximum absolute atomic E-state index is 13.6. The second-order valence-corrected chi connectivity index (χ2v) is 4.38. The summed E-state index contributed by atoms with van der Waals surface area (Å²) in [6, 6.07) is 5.94. The second kappa shape index (κ2) is 5.14. The molecule has 92 valence electrons. The Morgan fingerprint density at radius 1 is 1.39 bits per heavy atom. The van der Waals surface area contributed by atoms with E-state index in [0.717, 1.165) is 4.47 Å². The molecule has 0 fully saturated rings. The van der Waals surface area contributed by atoms with E-state index in [1.165, 1.54) is 18.3 Å². The predicted octanol–water partition coefficient (Wildman–Crippen LogP) is 3.06. The zero-order valence-electron chi connectivity index (χ0n) is 9.15. The first-order chi connectivity index (χ1) is 8.58. The van der Waals surface area contributed by atoms with Crippen molar-refractivity contribution >= 4 is 21.8 Å². The van der Waals surface area contributed by atoms with Gasteiger partial charge >= 0.3 is 0 Å². The highest BCUT2D eigenvalue weighted by molar-refractivity contribution is 9.10. The molecule has 0 aliphatic heterocycles. The number of aromatic nitrogens is 1. The molecule has 0 aliphatic rings. The Labute approximate surface area is 111 Å². The van der Waals surface area contributed by atoms with Crippen LogP contribution in [0.15, 0.2) is 41.1 Å². The summed E-state index contributed by atoms with van der Waals surface area (Å²) in [4.78, 5) is 3.93. The van der Waals surface area contributed by atoms with Crippen LogP contribution in [0.1, 0.15) is 5.56 Å². The van der Waals surface area contributed by atoms with Gasteiger partial charge in [0.1, 0.15) is 23.2 Å². The number of hydrogen-bond donors (Lipinski definition) is 2. The van der Waals surface area contributed by atoms with E-state index in [2.05, 4.69) is 20.9 Å². The molecular formula is C12H9BrFN3O. The molecular weight excluding hydrogens is 301 g/mol. The molecule has 2 rings (SSSR count). The molecule has 0 saturated carbocycles. The van der Waals surface area contributed by atoms with Gasteiger partial charge in [0.15, 0.2) is 0 Å². The normalized spacial score (nSPS) is 10.1. The quantitative estimate of drug-likeness (QED) is 0.676. The van der Waals surface area contributed by atoms with Crippen molar-refractivity contribution in [3.8, 4) is 11.5 Å². The van der Waals surface area contributed by atoms with E-state index in [1.807, 2.05) is 0 Å². The summed E-state index contributed by atoms with van der Waals surface area (Å²) in [6.45, 7) is 0. The predicted molar refractivity (Wildman–Crippen MR) is 69.4 cm³/mol. The number of nitrogens with two attached hydrogens (primary N) is 1. The lowest BCUT2D eigenvalue weighted by Gasteiger charge is -2.10. The van der Waals surface area contributed by atoms with Gasteiger partial charge in [-0.2, -0.15) is 0 Å². The lowest BCUT2D eigenvalue weighted by Crippen LogP contribution is -2.14. The van der Waals surface area contributed by atoms with Gasteiger partial charge in [0, 0.05) is 10.7 Å². The number of rotatable bonds is 3. The van der Waals surface area contributed by atoms with E-state index in [9.17, 15) is 4.39 Å². The fraction of sp³-hybridized carbons (Fsp3) is 0. The number of ether oxygens (including phenoxy) is 1. The molecule has 1 heterocycles. The highest BCUT2D eigenvalue weighted by Crippen LogP contribution is 2.27. The fourth-order valence-corrected chi connectivity index (χ4v) is 1.77. The summed E-state index contributed by atoms with van der Waals surface area (Å²) in [7, 11) is 0. The summed E-state index contributed by atoms with van der Waals surface area (Å²) in [6.07, 6.45) is 3.09. The van der Waals surface area contributed by atoms with E-state index in [0.29, 0.717) is 5.75 Å². The largest absolute Gasteiger partial charge is 0.455 e. The Bertz CT molecular complexity index is 604. The first-order valence-corrected chi connectivity index (χ1v) is 5.78. The first kappa shape index (κ1) is 12.5. The zero-order chi connectivity index (χ0) is 13.1. The number of nitrogens with zero attached hydrogens (tertiary/aromatic N) is 1. The number of hydrogen-bond acceptors (Lipinski definition) is 3. The molecule has 0 spiro atoms. The SMILES string of the molecule is N=C(N)c1c(F)cccc1Oc1cncc(Br)c1. The highest BCUT2D eigenvalue weighted by atomic mass is 79.9. The molecule has 1 aromatic heterocycles. The van der Waals surface area contributed by atoms with Gasteiger partial charge in [0.05, 0.1) is 11.8 Å². The van der Waals surface area contributed by atoms with Crippen LogP contribution in [0.4, 0.5) is 4.39 Å². The van der Waals surface area contributed by atoms with Gasteiger partial charge in [-0.05, 0) is 34.1 Å². The van der Waals surface area contributed by atoms with E-state index >= 15 is 0 Å². The summed E-state index contributed by atoms with van der Waals surface area (Å²) in [5.74, 6) is -0.367. The Kier molecular flexibility index (Phi) is 3.57. The molecule has 6 heteroatoms. The molecule has 0 aliphatic carbocycles. The Morgan fingerprint density at radius 3 is 2.83 bits per heavy atom. The molecule has 0 radical (unpaired) electrons. The molecule has 0 amide bonds. The van der Waals surface area contributed by atoms with Gasteiger partial charge in [-0.25, -0.2) is 4.39 Å². The Hall–Kier alpha value is -1.95. The first-order valence-electron chi connectivity index (χ1n) is 4.99. The van der Waals surface area contributed by atoms with Crippen LogP contribution >= 0.6 is 15.9 Å². The van der Waals surface area contributed by atoms with Crippen LogP contribution in [-0.2, 0) is 0 Å². The highest BCUT2D eigenvalue weighted by Gasteiger charge is 2.13. The van der Waals surface area contributed by atoms with Gasteiger partial charge in [-0.15, -0.1) is 0 Å². The molecule has 1 aromatic carbocycles. The standard InChI is InChI=1S/C12H9BrFN3O/c13-7-4-8(6-17-5-7)18-10-3-1-2-9(14)11(10)12(15)16/h1-6H,(H3,15,16). The number of benzene rings is 1. The second-order valence-electron chi connectivity index (χ2n) is 3.47. The van der Waals surface area contributed by atoms with Crippen molar-refractivity contribution in [2.45, 2.75) is 0 Å². The third-order valence-corrected chi connectivity index (χ3v) is 2.59. The number of pyridine rings is 1. The summed E-state index contributed by atoms with van der Waals surface area (Å²) in [5.41, 5.74) is 5.28. The van der Waals surface area contributed by atoms with Crippen molar-refractivity contribution < 1.29 is 9.13 Å². The van der Waals surface area contributed by atoms with Crippen molar-refractivity contribution in [3.63, 3.8) is 0 Å². The monoisotopic (exact) mass is 309 g/mol. The van der Waals surface area contributed by atoms with Gasteiger partial charge in [-0.1, -0.05) is 6.07 Å². The maximum Gasteiger partial charge on any atom is 0.146 e. The summed E-state index contributed by atoms with van der Waals surface area (Å²) in [5, 5.41) is 7.36. The molecule has 0 atom stereocenters. The minimum Gasteiger partial charge on any atom is -0.455 e. The Morgan fingerprint density at radius 2 is 2.17 bits per heavy atom. The zero-order valence-corrected chi connectivity index (χ0v) is 10.7. The van der Waals surface area contributed by atoms with Gasteiger partial charge in [-0.3, -0.25) is 10.4 Å². The Balaban J connectivity index is 2.40. The van der Waals surface area contributed by atoms with Crippen LogP contribution in [0.25, 0.3) is 0 Å². The van der Waals surface area contributed by atoms with E-state index in [4.69, 9.17) is 15.9 Å². The third-order valence-electron chi connectivity index (χ3n) is 2.15. The minimum atomic E-state index is -0.594. The van der Waals surface area contributed by atoms with Crippen molar-refractivity contribution in [3.05, 3.63) is 52.5 Å². The fourth-order valence-electron chi connectivity index (χ4n) is 1.43. The number of nitrogen functional groups attached to an aromatic ring is 1. The number of nitrogens with one attached hydrogen (secondary N) is 1. The van der Waals surface area contributed by atoms with Crippen molar-refractivity contribution in [1.82, 2.24) is 4.98 Å². The van der Waals surface area contributed by atoms with E-state index < -0.39 is 5.82 Å². The summed E-state index contributed by atoms with van der Waals surface area (Å²) < 4.78 is 19.8. The van der Waals surface area contributed by atoms with Gasteiger partial charge < -0.3 is 10.5 Å². The van der Waals surface area contributed by atoms with Crippen LogP contribution in [0.5, 0.6) is 11.5 Å². The van der Waals surface area contributed by atoms with E-state index in [1.54, 1.807) is 18.3 Å². The molecule has 0 saturated heterocycles. The van der Waals surface area contributed by atoms with Crippen LogP contribution in [0.3, 0.4) is 0 Å². The molecule has 3 N–H and O–H groups in total. The van der Waals surface area contributed by atoms with Crippen molar-refractivity contribution in [2.24, 2.45) is 5.73 Å². The van der Waals surface area contributed by atoms with Crippen LogP contribution in [-0.4, -0.2) is 10.8 Å². The molecule has 0 bridgehead atoms. The average molecular weight is 310 g/mol. The number of amidine groups is 1. The molecule has 0 unspecified atom stereocenters. The van der Waals surface area contributed by atoms with Gasteiger partial charge in [0.25, 0.3) is 0 Å². The van der Waals surface area contributed by atoms with Gasteiger partial charge in [0.2, 0.25) is 0 Å². The topological polar surface area (TPSA) is 72.0 Å². The lowest BCUT2D eigenvalue weighted by molar-refractivity contribution is 0.472. The van der Waals surface area contributed by atoms with Crippen LogP contribution < -0.4 is 10.5 Å². The summed E-state index contributed by atoms with van der Waals surface area (Å²) >= 11 is 3.25. The smallest absolute Gasteiger partial charge is 0.146 e. The minimum absolute atomic E-state index is 0.0579. The number of halogens is 2. The maximum atomic E-state index is 13.6. The van der Waals surface area contributed by atoms with E-state index in [-0.39, 0.29) is 17.1 Å². The molecule has 18 heavy (non-hydrogen) atoms. The van der Waals surface area contributed by atoms with Crippen molar-refractivity contribution in [1.29, 1.82) is 5.41 Å². The average Bonchev–Trinajstić information content (AvgIpc) is 2.28.